The Morgan fingerprint density at radius 1 is 1.07 bits per heavy atom. The predicted molar refractivity (Wildman–Crippen MR) is 114 cm³/mol. The molecule has 5 heteroatoms. The standard InChI is InChI=1S/C22H32N2O2S/c1-3-4-5-6-7-8-9-10-11-12-21(26)24-22-23-19(16-27-22)18-15-17(2)13-14-20(18)25/h13-16,25H,3-12H2,1-2H3,(H,23,24,26). The molecule has 0 saturated carbocycles. The number of nitrogens with zero attached hydrogens (tertiary/aromatic N) is 1. The Labute approximate surface area is 167 Å². The molecule has 0 aliphatic carbocycles. The van der Waals surface area contributed by atoms with Crippen molar-refractivity contribution in [2.75, 3.05) is 5.32 Å². The van der Waals surface area contributed by atoms with Gasteiger partial charge in [-0.25, -0.2) is 4.98 Å². The largest absolute Gasteiger partial charge is 0.507 e. The summed E-state index contributed by atoms with van der Waals surface area (Å²) < 4.78 is 0. The first-order chi connectivity index (χ1) is 13.1. The van der Waals surface area contributed by atoms with Crippen LogP contribution in [0.2, 0.25) is 0 Å². The number of rotatable bonds is 12. The van der Waals surface area contributed by atoms with Gasteiger partial charge in [0.05, 0.1) is 5.69 Å². The third-order valence-corrected chi connectivity index (χ3v) is 5.44. The average Bonchev–Trinajstić information content (AvgIpc) is 3.10. The van der Waals surface area contributed by atoms with Gasteiger partial charge in [-0.3, -0.25) is 4.79 Å². The molecule has 2 rings (SSSR count). The summed E-state index contributed by atoms with van der Waals surface area (Å²) in [6.07, 6.45) is 11.7. The van der Waals surface area contributed by atoms with Gasteiger partial charge >= 0.3 is 0 Å². The molecule has 148 valence electrons. The number of anilines is 1. The molecule has 0 bridgehead atoms. The number of carbonyl (C=O) groups is 1. The van der Waals surface area contributed by atoms with Crippen LogP contribution in [0.3, 0.4) is 0 Å². The van der Waals surface area contributed by atoms with E-state index in [0.717, 1.165) is 18.4 Å². The van der Waals surface area contributed by atoms with Gasteiger partial charge in [0.2, 0.25) is 5.91 Å². The summed E-state index contributed by atoms with van der Waals surface area (Å²) in [6, 6.07) is 5.43. The van der Waals surface area contributed by atoms with Crippen LogP contribution in [0.25, 0.3) is 11.3 Å². The third-order valence-electron chi connectivity index (χ3n) is 4.69. The molecular weight excluding hydrogens is 356 g/mol. The molecule has 0 radical (unpaired) electrons. The van der Waals surface area contributed by atoms with Crippen molar-refractivity contribution in [1.29, 1.82) is 0 Å². The summed E-state index contributed by atoms with van der Waals surface area (Å²) in [6.45, 7) is 4.22. The number of phenols is 1. The number of amides is 1. The number of aromatic nitrogens is 1. The Morgan fingerprint density at radius 3 is 2.44 bits per heavy atom. The van der Waals surface area contributed by atoms with Crippen molar-refractivity contribution in [2.24, 2.45) is 0 Å². The van der Waals surface area contributed by atoms with Gasteiger partial charge in [-0.15, -0.1) is 11.3 Å². The van der Waals surface area contributed by atoms with Crippen molar-refractivity contribution in [1.82, 2.24) is 4.98 Å². The van der Waals surface area contributed by atoms with Gasteiger partial charge in [0, 0.05) is 17.4 Å². The average molecular weight is 389 g/mol. The van der Waals surface area contributed by atoms with E-state index in [4.69, 9.17) is 0 Å². The molecule has 0 atom stereocenters. The maximum Gasteiger partial charge on any atom is 0.226 e. The quantitative estimate of drug-likeness (QED) is 0.398. The van der Waals surface area contributed by atoms with Crippen LogP contribution in [0, 0.1) is 6.92 Å². The predicted octanol–water partition coefficient (Wildman–Crippen LogP) is 6.68. The van der Waals surface area contributed by atoms with Crippen LogP contribution < -0.4 is 5.32 Å². The Balaban J connectivity index is 1.67. The Bertz CT molecular complexity index is 712. The van der Waals surface area contributed by atoms with Gasteiger partial charge in [0.25, 0.3) is 0 Å². The molecule has 0 aliphatic rings. The summed E-state index contributed by atoms with van der Waals surface area (Å²) in [5.41, 5.74) is 2.46. The van der Waals surface area contributed by atoms with Crippen molar-refractivity contribution in [3.05, 3.63) is 29.1 Å². The fourth-order valence-electron chi connectivity index (χ4n) is 3.09. The first-order valence-electron chi connectivity index (χ1n) is 10.2. The van der Waals surface area contributed by atoms with E-state index in [0.29, 0.717) is 22.8 Å². The highest BCUT2D eigenvalue weighted by molar-refractivity contribution is 7.14. The maximum atomic E-state index is 12.1. The molecule has 27 heavy (non-hydrogen) atoms. The number of benzene rings is 1. The minimum Gasteiger partial charge on any atom is -0.507 e. The fraction of sp³-hybridized carbons (Fsp3) is 0.545. The van der Waals surface area contributed by atoms with Crippen LogP contribution >= 0.6 is 11.3 Å². The van der Waals surface area contributed by atoms with Crippen LogP contribution in [0.1, 0.15) is 76.7 Å². The molecule has 0 fully saturated rings. The summed E-state index contributed by atoms with van der Waals surface area (Å²) in [5.74, 6) is 0.228. The molecule has 0 saturated heterocycles. The summed E-state index contributed by atoms with van der Waals surface area (Å²) in [4.78, 5) is 16.5. The van der Waals surface area contributed by atoms with Crippen LogP contribution in [0.5, 0.6) is 5.75 Å². The summed E-state index contributed by atoms with van der Waals surface area (Å²) in [5, 5.41) is 15.3. The van der Waals surface area contributed by atoms with E-state index in [1.807, 2.05) is 24.4 Å². The molecule has 1 aromatic heterocycles. The molecule has 0 aliphatic heterocycles. The number of aryl methyl sites for hydroxylation is 1. The van der Waals surface area contributed by atoms with Crippen LogP contribution in [0.15, 0.2) is 23.6 Å². The first-order valence-corrected chi connectivity index (χ1v) is 11.0. The number of phenolic OH excluding ortho intramolecular Hbond substituents is 1. The van der Waals surface area contributed by atoms with E-state index >= 15 is 0 Å². The molecule has 0 spiro atoms. The van der Waals surface area contributed by atoms with Gasteiger partial charge in [-0.1, -0.05) is 69.9 Å². The minimum absolute atomic E-state index is 0.0207. The zero-order valence-electron chi connectivity index (χ0n) is 16.6. The highest BCUT2D eigenvalue weighted by Crippen LogP contribution is 2.32. The normalized spacial score (nSPS) is 10.9. The smallest absolute Gasteiger partial charge is 0.226 e. The van der Waals surface area contributed by atoms with E-state index in [2.05, 4.69) is 17.2 Å². The number of unbranched alkanes of at least 4 members (excludes halogenated alkanes) is 8. The van der Waals surface area contributed by atoms with E-state index in [1.165, 1.54) is 56.3 Å². The SMILES string of the molecule is CCCCCCCCCCCC(=O)Nc1nc(-c2cc(C)ccc2O)cs1. The summed E-state index contributed by atoms with van der Waals surface area (Å²) >= 11 is 1.39. The zero-order valence-corrected chi connectivity index (χ0v) is 17.4. The Morgan fingerprint density at radius 2 is 1.74 bits per heavy atom. The second-order valence-corrected chi connectivity index (χ2v) is 8.04. The maximum absolute atomic E-state index is 12.1. The number of hydrogen-bond donors (Lipinski definition) is 2. The molecule has 2 aromatic rings. The van der Waals surface area contributed by atoms with Crippen molar-refractivity contribution < 1.29 is 9.90 Å². The molecule has 1 heterocycles. The van der Waals surface area contributed by atoms with Gasteiger partial charge < -0.3 is 10.4 Å². The van der Waals surface area contributed by atoms with Gasteiger partial charge in [-0.2, -0.15) is 0 Å². The molecular formula is C22H32N2O2S. The van der Waals surface area contributed by atoms with E-state index in [9.17, 15) is 9.90 Å². The highest BCUT2D eigenvalue weighted by atomic mass is 32.1. The van der Waals surface area contributed by atoms with Crippen LogP contribution in [0.4, 0.5) is 5.13 Å². The number of thiazole rings is 1. The number of aromatic hydroxyl groups is 1. The molecule has 1 aromatic carbocycles. The van der Waals surface area contributed by atoms with Crippen molar-refractivity contribution >= 4 is 22.4 Å². The molecule has 1 amide bonds. The van der Waals surface area contributed by atoms with Crippen molar-refractivity contribution in [2.45, 2.75) is 78.1 Å². The van der Waals surface area contributed by atoms with Gasteiger partial charge in [-0.05, 0) is 25.5 Å². The monoisotopic (exact) mass is 388 g/mol. The fourth-order valence-corrected chi connectivity index (χ4v) is 3.81. The van der Waals surface area contributed by atoms with Gasteiger partial charge in [0.1, 0.15) is 5.75 Å². The first kappa shape index (κ1) is 21.4. The van der Waals surface area contributed by atoms with Crippen molar-refractivity contribution in [3.8, 4) is 17.0 Å². The lowest BCUT2D eigenvalue weighted by molar-refractivity contribution is -0.116. The lowest BCUT2D eigenvalue weighted by Gasteiger charge is -2.04. The molecule has 0 unspecified atom stereocenters. The number of hydrogen-bond acceptors (Lipinski definition) is 4. The number of nitrogens with one attached hydrogen (secondary N) is 1. The molecule has 2 N–H and O–H groups in total. The van der Waals surface area contributed by atoms with Crippen molar-refractivity contribution in [3.63, 3.8) is 0 Å². The summed E-state index contributed by atoms with van der Waals surface area (Å²) in [7, 11) is 0. The van der Waals surface area contributed by atoms with E-state index < -0.39 is 0 Å². The topological polar surface area (TPSA) is 62.2 Å². The van der Waals surface area contributed by atoms with E-state index in [-0.39, 0.29) is 11.7 Å². The third kappa shape index (κ3) is 7.71. The second-order valence-electron chi connectivity index (χ2n) is 7.19. The second kappa shape index (κ2) is 11.8. The van der Waals surface area contributed by atoms with E-state index in [1.54, 1.807) is 6.07 Å². The molecule has 4 nitrogen and oxygen atoms in total. The zero-order chi connectivity index (χ0) is 19.5. The number of carbonyl (C=O) groups excluding carboxylic acids is 1. The lowest BCUT2D eigenvalue weighted by atomic mass is 10.1. The highest BCUT2D eigenvalue weighted by Gasteiger charge is 2.11. The minimum atomic E-state index is 0.0207. The lowest BCUT2D eigenvalue weighted by Crippen LogP contribution is -2.10. The van der Waals surface area contributed by atoms with Gasteiger partial charge in [0.15, 0.2) is 5.13 Å². The Hall–Kier alpha value is -1.88. The van der Waals surface area contributed by atoms with Crippen LogP contribution in [-0.4, -0.2) is 16.0 Å². The van der Waals surface area contributed by atoms with Crippen LogP contribution in [-0.2, 0) is 4.79 Å². The Kier molecular flexibility index (Phi) is 9.32.